The highest BCUT2D eigenvalue weighted by Crippen LogP contribution is 2.37. The van der Waals surface area contributed by atoms with E-state index in [0.29, 0.717) is 16.5 Å². The van der Waals surface area contributed by atoms with Gasteiger partial charge < -0.3 is 8.98 Å². The molecule has 7 rings (SSSR count). The molecule has 0 unspecified atom stereocenters. The van der Waals surface area contributed by atoms with Crippen LogP contribution in [0, 0.1) is 6.92 Å². The second-order valence-corrected chi connectivity index (χ2v) is 9.46. The van der Waals surface area contributed by atoms with Crippen molar-refractivity contribution in [3.05, 3.63) is 137 Å². The van der Waals surface area contributed by atoms with Crippen LogP contribution in [-0.2, 0) is 0 Å². The van der Waals surface area contributed by atoms with Gasteiger partial charge in [0.1, 0.15) is 5.58 Å². The van der Waals surface area contributed by atoms with Gasteiger partial charge >= 0.3 is 0 Å². The minimum atomic E-state index is 0.00148. The molecule has 0 aliphatic carbocycles. The van der Waals surface area contributed by atoms with Crippen molar-refractivity contribution in [2.45, 2.75) is 6.92 Å². The van der Waals surface area contributed by atoms with Gasteiger partial charge in [-0.2, -0.15) is 0 Å². The Bertz CT molecular complexity index is 1900. The number of fused-ring (bicyclic) bond motifs is 4. The molecule has 0 spiro atoms. The van der Waals surface area contributed by atoms with E-state index in [4.69, 9.17) is 4.42 Å². The van der Waals surface area contributed by atoms with Crippen molar-refractivity contribution in [2.75, 3.05) is 0 Å². The van der Waals surface area contributed by atoms with Gasteiger partial charge in [0.2, 0.25) is 0 Å². The number of nitrogens with zero attached hydrogens (tertiary/aromatic N) is 1. The molecule has 0 saturated heterocycles. The van der Waals surface area contributed by atoms with E-state index in [1.165, 1.54) is 39.3 Å². The van der Waals surface area contributed by atoms with Crippen molar-refractivity contribution >= 4 is 32.8 Å². The van der Waals surface area contributed by atoms with Crippen molar-refractivity contribution < 1.29 is 4.42 Å². The van der Waals surface area contributed by atoms with Crippen molar-refractivity contribution in [1.29, 1.82) is 0 Å². The molecule has 0 saturated carbocycles. The monoisotopic (exact) mass is 477 g/mol. The van der Waals surface area contributed by atoms with E-state index in [9.17, 15) is 4.79 Å². The van der Waals surface area contributed by atoms with Crippen LogP contribution in [0.5, 0.6) is 0 Å². The zero-order valence-corrected chi connectivity index (χ0v) is 20.3. The molecule has 2 aromatic heterocycles. The first-order chi connectivity index (χ1) is 18.2. The van der Waals surface area contributed by atoms with Crippen LogP contribution in [0.2, 0.25) is 0 Å². The number of aromatic nitrogens is 1. The predicted octanol–water partition coefficient (Wildman–Crippen LogP) is 8.53. The van der Waals surface area contributed by atoms with Crippen molar-refractivity contribution in [3.63, 3.8) is 0 Å². The van der Waals surface area contributed by atoms with Gasteiger partial charge in [0.25, 0.3) is 0 Å². The summed E-state index contributed by atoms with van der Waals surface area (Å²) in [6.07, 6.45) is 1.53. The Morgan fingerprint density at radius 3 is 1.70 bits per heavy atom. The van der Waals surface area contributed by atoms with E-state index in [0.717, 1.165) is 16.7 Å². The summed E-state index contributed by atoms with van der Waals surface area (Å²) < 4.78 is 7.94. The molecule has 0 atom stereocenters. The predicted molar refractivity (Wildman–Crippen MR) is 152 cm³/mol. The molecule has 37 heavy (non-hydrogen) atoms. The first kappa shape index (κ1) is 21.4. The molecular weight excluding hydrogens is 454 g/mol. The van der Waals surface area contributed by atoms with Crippen LogP contribution in [-0.4, -0.2) is 4.57 Å². The maximum absolute atomic E-state index is 12.9. The summed E-state index contributed by atoms with van der Waals surface area (Å²) in [4.78, 5) is 12.9. The average Bonchev–Trinajstić information content (AvgIpc) is 3.29. The molecule has 0 aliphatic heterocycles. The Labute approximate surface area is 213 Å². The lowest BCUT2D eigenvalue weighted by molar-refractivity contribution is 0.597. The highest BCUT2D eigenvalue weighted by molar-refractivity contribution is 6.11. The van der Waals surface area contributed by atoms with E-state index >= 15 is 0 Å². The number of benzene rings is 5. The molecule has 5 aromatic carbocycles. The summed E-state index contributed by atoms with van der Waals surface area (Å²) in [6, 6.07) is 40.0. The quantitative estimate of drug-likeness (QED) is 0.256. The fourth-order valence-corrected chi connectivity index (χ4v) is 5.28. The molecule has 7 aromatic rings. The summed E-state index contributed by atoms with van der Waals surface area (Å²) in [6.45, 7) is 1.79. The van der Waals surface area contributed by atoms with Gasteiger partial charge in [0.15, 0.2) is 5.43 Å². The van der Waals surface area contributed by atoms with Gasteiger partial charge in [-0.25, -0.2) is 0 Å². The lowest BCUT2D eigenvalue weighted by Gasteiger charge is -2.10. The average molecular weight is 478 g/mol. The van der Waals surface area contributed by atoms with E-state index < -0.39 is 0 Å². The van der Waals surface area contributed by atoms with Crippen molar-refractivity contribution in [3.8, 4) is 27.9 Å². The Hall–Kier alpha value is -4.89. The highest BCUT2D eigenvalue weighted by Gasteiger charge is 2.16. The topological polar surface area (TPSA) is 35.1 Å². The minimum Gasteiger partial charge on any atom is -0.464 e. The zero-order chi connectivity index (χ0) is 24.9. The maximum Gasteiger partial charge on any atom is 0.195 e. The first-order valence-corrected chi connectivity index (χ1v) is 12.4. The molecule has 3 nitrogen and oxygen atoms in total. The van der Waals surface area contributed by atoms with Gasteiger partial charge in [0.05, 0.1) is 22.7 Å². The first-order valence-electron chi connectivity index (χ1n) is 12.4. The number of aryl methyl sites for hydroxylation is 1. The summed E-state index contributed by atoms with van der Waals surface area (Å²) in [5, 5.41) is 2.94. The number of hydrogen-bond donors (Lipinski definition) is 0. The number of hydrogen-bond acceptors (Lipinski definition) is 2. The lowest BCUT2D eigenvalue weighted by atomic mass is 10.0. The summed E-state index contributed by atoms with van der Waals surface area (Å²) >= 11 is 0. The van der Waals surface area contributed by atoms with Crippen LogP contribution in [0.1, 0.15) is 5.56 Å². The van der Waals surface area contributed by atoms with Crippen LogP contribution in [0.25, 0.3) is 60.7 Å². The molecule has 0 fully saturated rings. The van der Waals surface area contributed by atoms with Crippen LogP contribution in [0.3, 0.4) is 0 Å². The van der Waals surface area contributed by atoms with E-state index in [1.54, 1.807) is 6.92 Å². The second kappa shape index (κ2) is 8.35. The normalized spacial score (nSPS) is 11.5. The van der Waals surface area contributed by atoms with Crippen LogP contribution in [0.4, 0.5) is 0 Å². The van der Waals surface area contributed by atoms with Crippen LogP contribution < -0.4 is 5.43 Å². The van der Waals surface area contributed by atoms with Gasteiger partial charge in [-0.1, -0.05) is 72.8 Å². The molecule has 0 aliphatic rings. The molecule has 0 amide bonds. The summed E-state index contributed by atoms with van der Waals surface area (Å²) in [5.41, 5.74) is 9.04. The van der Waals surface area contributed by atoms with E-state index in [2.05, 4.69) is 89.5 Å². The van der Waals surface area contributed by atoms with Crippen molar-refractivity contribution in [2.24, 2.45) is 0 Å². The van der Waals surface area contributed by atoms with Crippen LogP contribution in [0.15, 0.2) is 131 Å². The Balaban J connectivity index is 1.55. The molecule has 3 heteroatoms. The Kier molecular flexibility index (Phi) is 4.83. The highest BCUT2D eigenvalue weighted by atomic mass is 16.3. The number of rotatable bonds is 3. The maximum atomic E-state index is 12.9. The van der Waals surface area contributed by atoms with E-state index in [1.807, 2.05) is 30.3 Å². The van der Waals surface area contributed by atoms with Gasteiger partial charge in [-0.3, -0.25) is 4.79 Å². The Morgan fingerprint density at radius 2 is 1.14 bits per heavy atom. The minimum absolute atomic E-state index is 0.00148. The summed E-state index contributed by atoms with van der Waals surface area (Å²) in [7, 11) is 0. The van der Waals surface area contributed by atoms with Gasteiger partial charge in [0, 0.05) is 22.0 Å². The molecule has 2 heterocycles. The van der Waals surface area contributed by atoms with Crippen molar-refractivity contribution in [1.82, 2.24) is 4.57 Å². The smallest absolute Gasteiger partial charge is 0.195 e. The van der Waals surface area contributed by atoms with Gasteiger partial charge in [-0.05, 0) is 71.6 Å². The fourth-order valence-electron chi connectivity index (χ4n) is 5.28. The fraction of sp³-hybridized carbons (Fsp3) is 0.0294. The van der Waals surface area contributed by atoms with Gasteiger partial charge in [-0.15, -0.1) is 0 Å². The third kappa shape index (κ3) is 3.47. The largest absolute Gasteiger partial charge is 0.464 e. The molecule has 0 N–H and O–H groups in total. The standard InChI is InChI=1S/C34H23NO2/c1-22-21-37-33-17-14-27(20-30(33)34(22)36)35-31-15-12-25(23-8-4-2-5-9-23)18-28(31)29-19-26(13-16-32(29)35)24-10-6-3-7-11-24/h2-21H,1H3. The SMILES string of the molecule is Cc1coc2ccc(-n3c4ccc(-c5ccccc5)cc4c4cc(-c5ccccc5)ccc43)cc2c1=O. The lowest BCUT2D eigenvalue weighted by Crippen LogP contribution is -2.05. The summed E-state index contributed by atoms with van der Waals surface area (Å²) in [5.74, 6) is 0. The van der Waals surface area contributed by atoms with Crippen LogP contribution >= 0.6 is 0 Å². The third-order valence-electron chi connectivity index (χ3n) is 7.17. The molecule has 0 radical (unpaired) electrons. The zero-order valence-electron chi connectivity index (χ0n) is 20.3. The molecule has 176 valence electrons. The second-order valence-electron chi connectivity index (χ2n) is 9.46. The van der Waals surface area contributed by atoms with E-state index in [-0.39, 0.29) is 5.43 Å². The molecule has 0 bridgehead atoms. The Morgan fingerprint density at radius 1 is 0.568 bits per heavy atom. The third-order valence-corrected chi connectivity index (χ3v) is 7.17. The molecular formula is C34H23NO2.